The lowest BCUT2D eigenvalue weighted by molar-refractivity contribution is 0.00642. The predicted octanol–water partition coefficient (Wildman–Crippen LogP) is 2.50. The van der Waals surface area contributed by atoms with Crippen LogP contribution in [-0.2, 0) is 0 Å². The molecule has 0 radical (unpaired) electrons. The van der Waals surface area contributed by atoms with E-state index in [4.69, 9.17) is 0 Å². The fraction of sp³-hybridized carbons (Fsp3) is 0.462. The van der Waals surface area contributed by atoms with Gasteiger partial charge in [0.25, 0.3) is 0 Å². The van der Waals surface area contributed by atoms with Gasteiger partial charge in [0.05, 0.1) is 22.4 Å². The van der Waals surface area contributed by atoms with E-state index in [0.717, 1.165) is 36.4 Å². The Hall–Kier alpha value is -2.74. The van der Waals surface area contributed by atoms with E-state index >= 15 is 0 Å². The first-order valence-corrected chi connectivity index (χ1v) is 11.9. The first-order valence-electron chi connectivity index (χ1n) is 11.9. The monoisotopic (exact) mass is 447 g/mol. The molecular weight excluding hydrogens is 414 g/mol. The molecule has 2 fully saturated rings. The molecule has 3 N–H and O–H groups in total. The summed E-state index contributed by atoms with van der Waals surface area (Å²) in [5, 5.41) is 25.7. The number of aryl methyl sites for hydroxylation is 1. The van der Waals surface area contributed by atoms with E-state index in [1.54, 1.807) is 12.4 Å². The molecule has 2 aromatic heterocycles. The molecule has 1 atom stereocenters. The molecule has 1 aromatic carbocycles. The highest BCUT2D eigenvalue weighted by Crippen LogP contribution is 2.31. The molecule has 3 aromatic rings. The maximum absolute atomic E-state index is 11.2. The standard InChI is InChI=1S/C26H33N5O2/c1-20-4-6-21(7-5-20)30-14-9-25(32,10-15-30)17-27-18-26(33)11-16-31(19-26)23-8-13-28-22-3-2-12-29-24(22)23/h2-8,12-13,27,32-33H,9-11,14-19H2,1H3. The molecular formula is C26H33N5O2. The Balaban J connectivity index is 1.14. The van der Waals surface area contributed by atoms with Gasteiger partial charge in [-0.25, -0.2) is 0 Å². The minimum absolute atomic E-state index is 0.462. The molecule has 0 bridgehead atoms. The van der Waals surface area contributed by atoms with Gasteiger partial charge >= 0.3 is 0 Å². The van der Waals surface area contributed by atoms with E-state index in [-0.39, 0.29) is 0 Å². The Labute approximate surface area is 195 Å². The molecule has 0 amide bonds. The van der Waals surface area contributed by atoms with Crippen molar-refractivity contribution in [1.29, 1.82) is 0 Å². The van der Waals surface area contributed by atoms with Crippen molar-refractivity contribution in [3.8, 4) is 0 Å². The average molecular weight is 448 g/mol. The number of anilines is 2. The zero-order chi connectivity index (χ0) is 22.9. The Morgan fingerprint density at radius 1 is 0.848 bits per heavy atom. The summed E-state index contributed by atoms with van der Waals surface area (Å²) >= 11 is 0. The Morgan fingerprint density at radius 2 is 1.55 bits per heavy atom. The number of aromatic nitrogens is 2. The fourth-order valence-electron chi connectivity index (χ4n) is 5.07. The highest BCUT2D eigenvalue weighted by molar-refractivity contribution is 5.87. The second kappa shape index (κ2) is 8.89. The average Bonchev–Trinajstić information content (AvgIpc) is 3.21. The number of aliphatic hydroxyl groups is 2. The normalized spacial score (nSPS) is 22.8. The van der Waals surface area contributed by atoms with Crippen LogP contribution >= 0.6 is 0 Å². The van der Waals surface area contributed by atoms with Crippen LogP contribution in [0.1, 0.15) is 24.8 Å². The number of benzene rings is 1. The number of hydrogen-bond acceptors (Lipinski definition) is 7. The topological polar surface area (TPSA) is 84.8 Å². The van der Waals surface area contributed by atoms with E-state index in [2.05, 4.69) is 56.3 Å². The van der Waals surface area contributed by atoms with E-state index < -0.39 is 11.2 Å². The van der Waals surface area contributed by atoms with Gasteiger partial charge in [0.2, 0.25) is 0 Å². The Kier molecular flexibility index (Phi) is 5.95. The van der Waals surface area contributed by atoms with Crippen molar-refractivity contribution in [1.82, 2.24) is 15.3 Å². The molecule has 33 heavy (non-hydrogen) atoms. The van der Waals surface area contributed by atoms with Crippen LogP contribution in [0, 0.1) is 6.92 Å². The van der Waals surface area contributed by atoms with Crippen molar-refractivity contribution >= 4 is 22.4 Å². The molecule has 1 unspecified atom stereocenters. The number of nitrogens with one attached hydrogen (secondary N) is 1. The van der Waals surface area contributed by atoms with Crippen molar-refractivity contribution in [2.75, 3.05) is 49.1 Å². The van der Waals surface area contributed by atoms with Crippen LogP contribution < -0.4 is 15.1 Å². The van der Waals surface area contributed by atoms with Crippen molar-refractivity contribution in [2.45, 2.75) is 37.4 Å². The van der Waals surface area contributed by atoms with Crippen LogP contribution in [0.25, 0.3) is 11.0 Å². The third kappa shape index (κ3) is 4.81. The summed E-state index contributed by atoms with van der Waals surface area (Å²) in [7, 11) is 0. The van der Waals surface area contributed by atoms with Gasteiger partial charge in [-0.2, -0.15) is 0 Å². The molecule has 4 heterocycles. The highest BCUT2D eigenvalue weighted by atomic mass is 16.3. The summed E-state index contributed by atoms with van der Waals surface area (Å²) in [4.78, 5) is 13.4. The van der Waals surface area contributed by atoms with Crippen LogP contribution in [0.4, 0.5) is 11.4 Å². The number of piperidine rings is 1. The largest absolute Gasteiger partial charge is 0.388 e. The number of nitrogens with zero attached hydrogens (tertiary/aromatic N) is 4. The van der Waals surface area contributed by atoms with Gasteiger partial charge in [-0.05, 0) is 56.5 Å². The van der Waals surface area contributed by atoms with Crippen molar-refractivity contribution in [3.05, 3.63) is 60.4 Å². The minimum atomic E-state index is -0.830. The molecule has 2 saturated heterocycles. The number of hydrogen-bond donors (Lipinski definition) is 3. The number of β-amino-alcohol motifs (C(OH)–C–C–N with tert-alkyl or cyclic N) is 1. The molecule has 5 rings (SSSR count). The molecule has 2 aliphatic heterocycles. The number of fused-ring (bicyclic) bond motifs is 1. The van der Waals surface area contributed by atoms with E-state index in [1.165, 1.54) is 11.3 Å². The van der Waals surface area contributed by atoms with Crippen LogP contribution in [0.15, 0.2) is 54.9 Å². The van der Waals surface area contributed by atoms with E-state index in [1.807, 2.05) is 18.2 Å². The van der Waals surface area contributed by atoms with Crippen LogP contribution in [0.2, 0.25) is 0 Å². The maximum Gasteiger partial charge on any atom is 0.112 e. The zero-order valence-corrected chi connectivity index (χ0v) is 19.2. The van der Waals surface area contributed by atoms with Gasteiger partial charge in [0.15, 0.2) is 0 Å². The summed E-state index contributed by atoms with van der Waals surface area (Å²) in [6, 6.07) is 14.4. The first kappa shape index (κ1) is 22.1. The molecule has 7 nitrogen and oxygen atoms in total. The maximum atomic E-state index is 11.2. The second-order valence-corrected chi connectivity index (χ2v) is 9.75. The van der Waals surface area contributed by atoms with Gasteiger partial charge < -0.3 is 25.3 Å². The molecule has 0 aliphatic carbocycles. The summed E-state index contributed by atoms with van der Waals surface area (Å²) in [5.41, 5.74) is 3.65. The Morgan fingerprint density at radius 3 is 2.33 bits per heavy atom. The first-order chi connectivity index (χ1) is 15.9. The summed E-state index contributed by atoms with van der Waals surface area (Å²) in [6.07, 6.45) is 5.69. The van der Waals surface area contributed by atoms with Gasteiger partial charge in [0, 0.05) is 57.3 Å². The number of pyridine rings is 2. The van der Waals surface area contributed by atoms with Gasteiger partial charge in [-0.15, -0.1) is 0 Å². The molecule has 0 saturated carbocycles. The van der Waals surface area contributed by atoms with Gasteiger partial charge in [-0.1, -0.05) is 17.7 Å². The SMILES string of the molecule is Cc1ccc(N2CCC(O)(CNCC3(O)CCN(c4ccnc5cccnc45)C3)CC2)cc1. The smallest absolute Gasteiger partial charge is 0.112 e. The third-order valence-electron chi connectivity index (χ3n) is 7.15. The van der Waals surface area contributed by atoms with Crippen molar-refractivity contribution in [3.63, 3.8) is 0 Å². The molecule has 0 spiro atoms. The van der Waals surface area contributed by atoms with E-state index in [0.29, 0.717) is 38.9 Å². The zero-order valence-electron chi connectivity index (χ0n) is 19.2. The van der Waals surface area contributed by atoms with Crippen LogP contribution in [0.5, 0.6) is 0 Å². The summed E-state index contributed by atoms with van der Waals surface area (Å²) in [6.45, 7) is 6.03. The molecule has 7 heteroatoms. The van der Waals surface area contributed by atoms with Crippen LogP contribution in [-0.4, -0.2) is 70.7 Å². The quantitative estimate of drug-likeness (QED) is 0.535. The minimum Gasteiger partial charge on any atom is -0.388 e. The van der Waals surface area contributed by atoms with Crippen molar-refractivity contribution in [2.24, 2.45) is 0 Å². The lowest BCUT2D eigenvalue weighted by atomic mass is 9.90. The molecule has 2 aliphatic rings. The lowest BCUT2D eigenvalue weighted by Gasteiger charge is -2.40. The van der Waals surface area contributed by atoms with Gasteiger partial charge in [0.1, 0.15) is 5.52 Å². The highest BCUT2D eigenvalue weighted by Gasteiger charge is 2.38. The fourth-order valence-corrected chi connectivity index (χ4v) is 5.07. The van der Waals surface area contributed by atoms with Crippen molar-refractivity contribution < 1.29 is 10.2 Å². The van der Waals surface area contributed by atoms with Crippen LogP contribution in [0.3, 0.4) is 0 Å². The molecule has 174 valence electrons. The Bertz CT molecular complexity index is 1090. The summed E-state index contributed by atoms with van der Waals surface area (Å²) in [5.74, 6) is 0. The summed E-state index contributed by atoms with van der Waals surface area (Å²) < 4.78 is 0. The number of rotatable bonds is 6. The second-order valence-electron chi connectivity index (χ2n) is 9.75. The predicted molar refractivity (Wildman–Crippen MR) is 132 cm³/mol. The van der Waals surface area contributed by atoms with Gasteiger partial charge in [-0.3, -0.25) is 9.97 Å². The van der Waals surface area contributed by atoms with E-state index in [9.17, 15) is 10.2 Å². The lowest BCUT2D eigenvalue weighted by Crippen LogP contribution is -2.53. The third-order valence-corrected chi connectivity index (χ3v) is 7.15.